The fourth-order valence-corrected chi connectivity index (χ4v) is 4.79. The van der Waals surface area contributed by atoms with Crippen LogP contribution in [0.3, 0.4) is 0 Å². The highest BCUT2D eigenvalue weighted by Crippen LogP contribution is 2.35. The second-order valence-corrected chi connectivity index (χ2v) is 9.52. The summed E-state index contributed by atoms with van der Waals surface area (Å²) in [6, 6.07) is 5.76. The standard InChI is InChI=1S/C25H31N7O3/c1-15-22(35-18-8-4-7-17(13-18)24(33)34)10-9-20(28-15)23-21(32(2)31-30-23)14-27-25-26-12-11-19(29-25)16-5-3-6-16/h9-12,16-18H,3-8,13-14H2,1-2H3,(H,33,34)(H,26,27,29)/t17-,18-/m0/s1. The van der Waals surface area contributed by atoms with E-state index in [1.54, 1.807) is 10.9 Å². The van der Waals surface area contributed by atoms with Gasteiger partial charge in [0.15, 0.2) is 0 Å². The van der Waals surface area contributed by atoms with Crippen LogP contribution in [0, 0.1) is 12.8 Å². The number of aromatic nitrogens is 6. The van der Waals surface area contributed by atoms with Gasteiger partial charge in [0, 0.05) is 24.9 Å². The lowest BCUT2D eigenvalue weighted by atomic mass is 9.83. The van der Waals surface area contributed by atoms with Crippen LogP contribution < -0.4 is 10.1 Å². The average Bonchev–Trinajstić information content (AvgIpc) is 3.18. The van der Waals surface area contributed by atoms with E-state index in [4.69, 9.17) is 9.72 Å². The van der Waals surface area contributed by atoms with Gasteiger partial charge in [-0.1, -0.05) is 11.6 Å². The maximum Gasteiger partial charge on any atom is 0.306 e. The highest BCUT2D eigenvalue weighted by atomic mass is 16.5. The predicted molar refractivity (Wildman–Crippen MR) is 129 cm³/mol. The Morgan fingerprint density at radius 1 is 1.17 bits per heavy atom. The molecule has 2 aliphatic carbocycles. The van der Waals surface area contributed by atoms with Gasteiger partial charge >= 0.3 is 5.97 Å². The van der Waals surface area contributed by atoms with Gasteiger partial charge in [-0.2, -0.15) is 0 Å². The van der Waals surface area contributed by atoms with Crippen molar-refractivity contribution in [3.63, 3.8) is 0 Å². The van der Waals surface area contributed by atoms with Crippen molar-refractivity contribution < 1.29 is 14.6 Å². The quantitative estimate of drug-likeness (QED) is 0.497. The molecule has 0 radical (unpaired) electrons. The molecule has 2 aliphatic rings. The summed E-state index contributed by atoms with van der Waals surface area (Å²) in [7, 11) is 1.85. The van der Waals surface area contributed by atoms with Gasteiger partial charge in [0.25, 0.3) is 0 Å². The molecule has 10 nitrogen and oxygen atoms in total. The van der Waals surface area contributed by atoms with Crippen molar-refractivity contribution in [1.82, 2.24) is 29.9 Å². The minimum absolute atomic E-state index is 0.108. The summed E-state index contributed by atoms with van der Waals surface area (Å²) in [5, 5.41) is 21.2. The lowest BCUT2D eigenvalue weighted by Gasteiger charge is -2.27. The monoisotopic (exact) mass is 477 g/mol. The summed E-state index contributed by atoms with van der Waals surface area (Å²) >= 11 is 0. The number of aryl methyl sites for hydroxylation is 2. The summed E-state index contributed by atoms with van der Waals surface area (Å²) in [4.78, 5) is 25.1. The molecule has 0 aliphatic heterocycles. The number of hydrogen-bond acceptors (Lipinski definition) is 8. The molecular weight excluding hydrogens is 446 g/mol. The van der Waals surface area contributed by atoms with Crippen molar-refractivity contribution in [3.05, 3.63) is 41.5 Å². The number of anilines is 1. The highest BCUT2D eigenvalue weighted by molar-refractivity contribution is 5.70. The number of aliphatic carboxylic acids is 1. The average molecular weight is 478 g/mol. The maximum atomic E-state index is 11.4. The maximum absolute atomic E-state index is 11.4. The van der Waals surface area contributed by atoms with Crippen LogP contribution in [-0.2, 0) is 18.4 Å². The van der Waals surface area contributed by atoms with Crippen LogP contribution in [0.4, 0.5) is 5.95 Å². The van der Waals surface area contributed by atoms with E-state index in [0.717, 1.165) is 29.9 Å². The van der Waals surface area contributed by atoms with E-state index < -0.39 is 5.97 Å². The number of pyridine rings is 1. The van der Waals surface area contributed by atoms with Gasteiger partial charge in [-0.3, -0.25) is 4.79 Å². The summed E-state index contributed by atoms with van der Waals surface area (Å²) in [5.74, 6) is 0.738. The third-order valence-corrected chi connectivity index (χ3v) is 7.11. The molecule has 3 heterocycles. The topological polar surface area (TPSA) is 128 Å². The first kappa shape index (κ1) is 23.2. The van der Waals surface area contributed by atoms with E-state index in [1.807, 2.05) is 32.2 Å². The third kappa shape index (κ3) is 5.11. The zero-order chi connectivity index (χ0) is 24.4. The Labute approximate surface area is 204 Å². The van der Waals surface area contributed by atoms with Crippen molar-refractivity contribution >= 4 is 11.9 Å². The normalized spacial score (nSPS) is 20.3. The smallest absolute Gasteiger partial charge is 0.306 e. The van der Waals surface area contributed by atoms with Crippen LogP contribution >= 0.6 is 0 Å². The van der Waals surface area contributed by atoms with E-state index in [1.165, 1.54) is 19.3 Å². The number of carbonyl (C=O) groups is 1. The molecule has 2 fully saturated rings. The number of carboxylic acid groups (broad SMARTS) is 1. The van der Waals surface area contributed by atoms with E-state index >= 15 is 0 Å². The fourth-order valence-electron chi connectivity index (χ4n) is 4.79. The predicted octanol–water partition coefficient (Wildman–Crippen LogP) is 3.88. The second kappa shape index (κ2) is 9.97. The minimum Gasteiger partial charge on any atom is -0.489 e. The van der Waals surface area contributed by atoms with Gasteiger partial charge in [-0.15, -0.1) is 5.10 Å². The molecule has 0 spiro atoms. The molecule has 3 aromatic rings. The zero-order valence-corrected chi connectivity index (χ0v) is 20.1. The zero-order valence-electron chi connectivity index (χ0n) is 20.1. The molecule has 0 unspecified atom stereocenters. The number of nitrogens with zero attached hydrogens (tertiary/aromatic N) is 6. The molecule has 2 N–H and O–H groups in total. The third-order valence-electron chi connectivity index (χ3n) is 7.11. The van der Waals surface area contributed by atoms with Crippen LogP contribution in [0.15, 0.2) is 24.4 Å². The van der Waals surface area contributed by atoms with Gasteiger partial charge in [0.2, 0.25) is 5.95 Å². The Morgan fingerprint density at radius 2 is 2.00 bits per heavy atom. The van der Waals surface area contributed by atoms with Crippen molar-refractivity contribution in [1.29, 1.82) is 0 Å². The Bertz CT molecular complexity index is 1210. The first-order valence-corrected chi connectivity index (χ1v) is 12.3. The van der Waals surface area contributed by atoms with Crippen molar-refractivity contribution in [3.8, 4) is 17.1 Å². The van der Waals surface area contributed by atoms with Crippen LogP contribution in [0.1, 0.15) is 67.9 Å². The lowest BCUT2D eigenvalue weighted by molar-refractivity contribution is -0.143. The van der Waals surface area contributed by atoms with E-state index in [9.17, 15) is 9.90 Å². The molecular formula is C25H31N7O3. The molecule has 3 aromatic heterocycles. The van der Waals surface area contributed by atoms with Gasteiger partial charge in [-0.05, 0) is 63.6 Å². The Kier molecular flexibility index (Phi) is 6.61. The highest BCUT2D eigenvalue weighted by Gasteiger charge is 2.28. The molecule has 2 saturated carbocycles. The van der Waals surface area contributed by atoms with E-state index in [-0.39, 0.29) is 12.0 Å². The van der Waals surface area contributed by atoms with E-state index in [0.29, 0.717) is 48.4 Å². The Morgan fingerprint density at radius 3 is 2.74 bits per heavy atom. The molecule has 35 heavy (non-hydrogen) atoms. The van der Waals surface area contributed by atoms with Crippen LogP contribution in [0.5, 0.6) is 5.75 Å². The Balaban J connectivity index is 1.28. The fraction of sp³-hybridized carbons (Fsp3) is 0.520. The number of nitrogens with one attached hydrogen (secondary N) is 1. The van der Waals surface area contributed by atoms with Crippen LogP contribution in [0.2, 0.25) is 0 Å². The molecule has 0 aromatic carbocycles. The molecule has 5 rings (SSSR count). The SMILES string of the molecule is Cc1nc(-c2nnn(C)c2CNc2nccc(C3CCC3)n2)ccc1O[C@H]1CCC[C@H](C(=O)O)C1. The van der Waals surface area contributed by atoms with Gasteiger partial charge in [0.05, 0.1) is 35.6 Å². The van der Waals surface area contributed by atoms with E-state index in [2.05, 4.69) is 25.6 Å². The van der Waals surface area contributed by atoms with Crippen molar-refractivity contribution in [2.24, 2.45) is 13.0 Å². The molecule has 2 atom stereocenters. The van der Waals surface area contributed by atoms with Gasteiger partial charge < -0.3 is 15.2 Å². The number of ether oxygens (including phenoxy) is 1. The summed E-state index contributed by atoms with van der Waals surface area (Å²) in [5.41, 5.74) is 4.10. The summed E-state index contributed by atoms with van der Waals surface area (Å²) in [6.07, 6.45) is 8.30. The van der Waals surface area contributed by atoms with Crippen LogP contribution in [-0.4, -0.2) is 47.1 Å². The van der Waals surface area contributed by atoms with Gasteiger partial charge in [0.1, 0.15) is 11.4 Å². The molecule has 184 valence electrons. The molecule has 0 amide bonds. The van der Waals surface area contributed by atoms with Crippen molar-refractivity contribution in [2.45, 2.75) is 70.4 Å². The Hall–Kier alpha value is -3.56. The summed E-state index contributed by atoms with van der Waals surface area (Å²) in [6.45, 7) is 2.36. The molecule has 0 saturated heterocycles. The van der Waals surface area contributed by atoms with Crippen molar-refractivity contribution in [2.75, 3.05) is 5.32 Å². The largest absolute Gasteiger partial charge is 0.489 e. The number of hydrogen-bond donors (Lipinski definition) is 2. The van der Waals surface area contributed by atoms with Gasteiger partial charge in [-0.25, -0.2) is 19.6 Å². The first-order valence-electron chi connectivity index (χ1n) is 12.3. The lowest BCUT2D eigenvalue weighted by Crippen LogP contribution is -2.29. The second-order valence-electron chi connectivity index (χ2n) is 9.52. The molecule has 10 heteroatoms. The number of carboxylic acids is 1. The molecule has 0 bridgehead atoms. The van der Waals surface area contributed by atoms with Crippen LogP contribution in [0.25, 0.3) is 11.4 Å². The summed E-state index contributed by atoms with van der Waals surface area (Å²) < 4.78 is 7.88. The number of rotatable bonds is 8. The minimum atomic E-state index is -0.743. The first-order chi connectivity index (χ1) is 17.0.